The maximum atomic E-state index is 12.2. The molecule has 0 spiro atoms. The van der Waals surface area contributed by atoms with Gasteiger partial charge in [-0.3, -0.25) is 4.79 Å². The molecule has 0 radical (unpaired) electrons. The SMILES string of the molecule is CCN(c1ccc(C(=O)NCCc2ccccc2)nn1)C1CCS(=O)(=O)C1. The standard InChI is InChI=1S/C19H24N4O3S/c1-2-23(16-11-13-27(25,26)14-16)18-9-8-17(21-22-18)19(24)20-12-10-15-6-4-3-5-7-15/h3-9,16H,2,10-14H2,1H3,(H,20,24). The van der Waals surface area contributed by atoms with Gasteiger partial charge in [0.15, 0.2) is 21.3 Å². The summed E-state index contributed by atoms with van der Waals surface area (Å²) in [6, 6.07) is 13.2. The molecular weight excluding hydrogens is 364 g/mol. The van der Waals surface area contributed by atoms with E-state index in [1.807, 2.05) is 42.2 Å². The molecule has 0 bridgehead atoms. The molecule has 8 heteroatoms. The lowest BCUT2D eigenvalue weighted by molar-refractivity contribution is 0.0948. The highest BCUT2D eigenvalue weighted by molar-refractivity contribution is 7.91. The van der Waals surface area contributed by atoms with Crippen LogP contribution in [0.3, 0.4) is 0 Å². The quantitative estimate of drug-likeness (QED) is 0.772. The number of benzene rings is 1. The molecule has 0 saturated carbocycles. The van der Waals surface area contributed by atoms with E-state index in [4.69, 9.17) is 0 Å². The number of hydrogen-bond donors (Lipinski definition) is 1. The zero-order chi connectivity index (χ0) is 19.3. The van der Waals surface area contributed by atoms with Crippen molar-refractivity contribution in [2.75, 3.05) is 29.5 Å². The van der Waals surface area contributed by atoms with Crippen molar-refractivity contribution in [3.8, 4) is 0 Å². The highest BCUT2D eigenvalue weighted by Gasteiger charge is 2.32. The fourth-order valence-electron chi connectivity index (χ4n) is 3.28. The molecule has 1 aromatic heterocycles. The van der Waals surface area contributed by atoms with Gasteiger partial charge in [-0.05, 0) is 37.5 Å². The minimum absolute atomic E-state index is 0.0835. The first-order valence-corrected chi connectivity index (χ1v) is 10.9. The van der Waals surface area contributed by atoms with Crippen molar-refractivity contribution in [3.63, 3.8) is 0 Å². The zero-order valence-corrected chi connectivity index (χ0v) is 16.2. The van der Waals surface area contributed by atoms with Crippen molar-refractivity contribution in [2.45, 2.75) is 25.8 Å². The minimum Gasteiger partial charge on any atom is -0.351 e. The highest BCUT2D eigenvalue weighted by Crippen LogP contribution is 2.22. The van der Waals surface area contributed by atoms with Crippen LogP contribution in [-0.4, -0.2) is 55.2 Å². The number of amides is 1. The Balaban J connectivity index is 1.58. The summed E-state index contributed by atoms with van der Waals surface area (Å²) in [5, 5.41) is 11.0. The smallest absolute Gasteiger partial charge is 0.271 e. The van der Waals surface area contributed by atoms with E-state index >= 15 is 0 Å². The molecule has 3 rings (SSSR count). The van der Waals surface area contributed by atoms with Crippen LogP contribution in [0.1, 0.15) is 29.4 Å². The molecule has 1 aromatic carbocycles. The maximum Gasteiger partial charge on any atom is 0.271 e. The summed E-state index contributed by atoms with van der Waals surface area (Å²) >= 11 is 0. The molecular formula is C19H24N4O3S. The average molecular weight is 388 g/mol. The molecule has 2 aromatic rings. The fraction of sp³-hybridized carbons (Fsp3) is 0.421. The van der Waals surface area contributed by atoms with Gasteiger partial charge >= 0.3 is 0 Å². The molecule has 1 amide bonds. The van der Waals surface area contributed by atoms with Gasteiger partial charge in [-0.25, -0.2) is 8.42 Å². The van der Waals surface area contributed by atoms with Crippen molar-refractivity contribution in [2.24, 2.45) is 0 Å². The van der Waals surface area contributed by atoms with Crippen molar-refractivity contribution in [1.29, 1.82) is 0 Å². The second-order valence-corrected chi connectivity index (χ2v) is 8.84. The molecule has 1 atom stereocenters. The summed E-state index contributed by atoms with van der Waals surface area (Å²) in [7, 11) is -2.97. The lowest BCUT2D eigenvalue weighted by Gasteiger charge is -2.27. The lowest BCUT2D eigenvalue weighted by Crippen LogP contribution is -2.37. The number of carbonyl (C=O) groups is 1. The van der Waals surface area contributed by atoms with E-state index in [9.17, 15) is 13.2 Å². The number of aromatic nitrogens is 2. The third-order valence-electron chi connectivity index (χ3n) is 4.71. The van der Waals surface area contributed by atoms with Crippen LogP contribution in [0.2, 0.25) is 0 Å². The van der Waals surface area contributed by atoms with Crippen LogP contribution in [0, 0.1) is 0 Å². The Hall–Kier alpha value is -2.48. The van der Waals surface area contributed by atoms with Crippen LogP contribution in [0.15, 0.2) is 42.5 Å². The van der Waals surface area contributed by atoms with Gasteiger partial charge in [0, 0.05) is 19.1 Å². The second-order valence-electron chi connectivity index (χ2n) is 6.61. The van der Waals surface area contributed by atoms with Crippen LogP contribution in [0.5, 0.6) is 0 Å². The molecule has 1 fully saturated rings. The molecule has 1 aliphatic rings. The van der Waals surface area contributed by atoms with Crippen molar-refractivity contribution >= 4 is 21.6 Å². The van der Waals surface area contributed by atoms with Gasteiger partial charge in [-0.2, -0.15) is 0 Å². The third kappa shape index (κ3) is 5.03. The number of sulfone groups is 1. The molecule has 144 valence electrons. The first-order valence-electron chi connectivity index (χ1n) is 9.11. The van der Waals surface area contributed by atoms with E-state index in [1.54, 1.807) is 12.1 Å². The van der Waals surface area contributed by atoms with Crippen LogP contribution < -0.4 is 10.2 Å². The van der Waals surface area contributed by atoms with Gasteiger partial charge in [0.25, 0.3) is 5.91 Å². The summed E-state index contributed by atoms with van der Waals surface area (Å²) < 4.78 is 23.4. The monoisotopic (exact) mass is 388 g/mol. The van der Waals surface area contributed by atoms with Gasteiger partial charge in [-0.1, -0.05) is 30.3 Å². The molecule has 27 heavy (non-hydrogen) atoms. The Morgan fingerprint density at radius 2 is 1.96 bits per heavy atom. The zero-order valence-electron chi connectivity index (χ0n) is 15.3. The van der Waals surface area contributed by atoms with Crippen molar-refractivity contribution < 1.29 is 13.2 Å². The molecule has 1 N–H and O–H groups in total. The number of nitrogens with one attached hydrogen (secondary N) is 1. The molecule has 1 unspecified atom stereocenters. The van der Waals surface area contributed by atoms with E-state index in [1.165, 1.54) is 0 Å². The van der Waals surface area contributed by atoms with Gasteiger partial charge in [0.1, 0.15) is 0 Å². The Bertz CT molecular complexity index is 870. The Morgan fingerprint density at radius 3 is 2.56 bits per heavy atom. The summed E-state index contributed by atoms with van der Waals surface area (Å²) in [4.78, 5) is 14.2. The molecule has 2 heterocycles. The Morgan fingerprint density at radius 1 is 1.19 bits per heavy atom. The third-order valence-corrected chi connectivity index (χ3v) is 6.46. The van der Waals surface area contributed by atoms with Crippen molar-refractivity contribution in [1.82, 2.24) is 15.5 Å². The van der Waals surface area contributed by atoms with E-state index < -0.39 is 9.84 Å². The van der Waals surface area contributed by atoms with E-state index in [2.05, 4.69) is 15.5 Å². The largest absolute Gasteiger partial charge is 0.351 e. The van der Waals surface area contributed by atoms with Crippen LogP contribution >= 0.6 is 0 Å². The van der Waals surface area contributed by atoms with Gasteiger partial charge in [-0.15, -0.1) is 10.2 Å². The summed E-state index contributed by atoms with van der Waals surface area (Å²) in [5.74, 6) is 0.685. The highest BCUT2D eigenvalue weighted by atomic mass is 32.2. The Labute approximate surface area is 159 Å². The number of carbonyl (C=O) groups excluding carboxylic acids is 1. The van der Waals surface area contributed by atoms with Crippen LogP contribution in [-0.2, 0) is 16.3 Å². The minimum atomic E-state index is -2.97. The maximum absolute atomic E-state index is 12.2. The summed E-state index contributed by atoms with van der Waals surface area (Å²) in [5.41, 5.74) is 1.41. The van der Waals surface area contributed by atoms with Crippen LogP contribution in [0.4, 0.5) is 5.82 Å². The second kappa shape index (κ2) is 8.47. The first kappa shape index (κ1) is 19.3. The fourth-order valence-corrected chi connectivity index (χ4v) is 5.01. The van der Waals surface area contributed by atoms with E-state index in [-0.39, 0.29) is 29.1 Å². The summed E-state index contributed by atoms with van der Waals surface area (Å²) in [6.07, 6.45) is 1.34. The predicted molar refractivity (Wildman–Crippen MR) is 105 cm³/mol. The van der Waals surface area contributed by atoms with Gasteiger partial charge < -0.3 is 10.2 Å². The average Bonchev–Trinajstić information content (AvgIpc) is 3.03. The van der Waals surface area contributed by atoms with E-state index in [0.29, 0.717) is 25.3 Å². The molecule has 1 saturated heterocycles. The normalized spacial score (nSPS) is 18.2. The number of hydrogen-bond acceptors (Lipinski definition) is 6. The number of anilines is 1. The number of nitrogens with zero attached hydrogens (tertiary/aromatic N) is 3. The molecule has 1 aliphatic heterocycles. The predicted octanol–water partition coefficient (Wildman–Crippen LogP) is 1.46. The first-order chi connectivity index (χ1) is 13.0. The Kier molecular flexibility index (Phi) is 6.05. The number of rotatable bonds is 7. The van der Waals surface area contributed by atoms with Gasteiger partial charge in [0.2, 0.25) is 0 Å². The molecule has 7 nitrogen and oxygen atoms in total. The summed E-state index contributed by atoms with van der Waals surface area (Å²) in [6.45, 7) is 3.11. The molecule has 0 aliphatic carbocycles. The van der Waals surface area contributed by atoms with Crippen molar-refractivity contribution in [3.05, 3.63) is 53.7 Å². The topological polar surface area (TPSA) is 92.3 Å². The lowest BCUT2D eigenvalue weighted by atomic mass is 10.1. The van der Waals surface area contributed by atoms with Crippen LogP contribution in [0.25, 0.3) is 0 Å². The van der Waals surface area contributed by atoms with Gasteiger partial charge in [0.05, 0.1) is 11.5 Å². The van der Waals surface area contributed by atoms with E-state index in [0.717, 1.165) is 12.0 Å².